The maximum atomic E-state index is 12.5. The molecule has 2 aromatic rings. The Hall–Kier alpha value is -6.54. The fourth-order valence-electron chi connectivity index (χ4n) is 5.28. The molecule has 0 spiro atoms. The number of amides is 8. The van der Waals surface area contributed by atoms with Gasteiger partial charge in [-0.2, -0.15) is 0 Å². The first-order chi connectivity index (χ1) is 34.5. The number of quaternary nitrogens is 1. The molecule has 2 rings (SSSR count). The number of aliphatic carboxylic acids is 4. The van der Waals surface area contributed by atoms with E-state index in [2.05, 4.69) is 48.3 Å². The number of hydrogen-bond acceptors (Lipinski definition) is 20. The minimum atomic E-state index is -1.57. The summed E-state index contributed by atoms with van der Waals surface area (Å²) in [6.45, 7) is 1.57. The van der Waals surface area contributed by atoms with Crippen LogP contribution in [0.5, 0.6) is 0 Å². The molecule has 0 aliphatic heterocycles. The van der Waals surface area contributed by atoms with Gasteiger partial charge in [-0.3, -0.25) is 14.4 Å². The molecule has 0 aliphatic rings. The monoisotopic (exact) mass is 1180 g/mol. The van der Waals surface area contributed by atoms with Gasteiger partial charge in [-0.15, -0.1) is 0 Å². The van der Waals surface area contributed by atoms with E-state index in [1.54, 1.807) is 37.3 Å². The SMILES string of the molecule is CCC(=O)NC(CCC(=O)NC(CSCC(=O)Nc1ccc([As]=O)cc1)C(=O)NCC(=O)[O-])C(=O)[O-].CCC(=O)Nc1cc([As]=O)ccc1NC(=O)CSCC(NC(=O)CCC([NH3+])C(=O)[O-])C(=O)NCC(=O)[O-]. The van der Waals surface area contributed by atoms with Crippen molar-refractivity contribution < 1.29 is 91.2 Å². The molecule has 398 valence electrons. The first-order valence-electron chi connectivity index (χ1n) is 21.6. The van der Waals surface area contributed by atoms with Crippen LogP contribution in [0.15, 0.2) is 42.5 Å². The van der Waals surface area contributed by atoms with Gasteiger partial charge in [0.25, 0.3) is 0 Å². The molecule has 27 nitrogen and oxygen atoms in total. The van der Waals surface area contributed by atoms with Crippen molar-refractivity contribution in [2.75, 3.05) is 52.1 Å². The molecule has 0 bridgehead atoms. The van der Waals surface area contributed by atoms with E-state index in [1.807, 2.05) is 0 Å². The summed E-state index contributed by atoms with van der Waals surface area (Å²) in [5, 5.41) is 62.2. The second kappa shape index (κ2) is 35.6. The van der Waals surface area contributed by atoms with Crippen molar-refractivity contribution in [1.29, 1.82) is 0 Å². The standard InChI is InChI=1S/C21H28AsN5O9S.C21H27AsN4O9S/c1-2-16(28)26-14-7-11(22-36)3-5-13(14)25-18(30)10-37-9-15(20(33)24-8-19(31)32)27-17(29)6-4-12(23)21(34)35;1-2-16(27)25-14(21(33)34)7-8-17(28)26-15(20(32)23-9-19(30)31)10-36-11-18(29)24-13-5-3-12(22-35)4-6-13/h3,5,7,12,15H,2,4,6,8-10,23H2,1H3,(H,24,33)(H,25,30)(H,26,28)(H,27,29)(H,31,32)(H,34,35);3-6,14-15H,2,7-11H2,1H3,(H,23,32)(H,24,29)(H,25,27)(H,26,28)(H,30,31)(H,33,34)/p-3. The molecular weight excluding hydrogens is 1130 g/mol. The third kappa shape index (κ3) is 28.3. The normalized spacial score (nSPS) is 12.2. The summed E-state index contributed by atoms with van der Waals surface area (Å²) < 4.78 is 23.3. The van der Waals surface area contributed by atoms with E-state index in [4.69, 9.17) is 0 Å². The second-order valence-electron chi connectivity index (χ2n) is 14.8. The van der Waals surface area contributed by atoms with Gasteiger partial charge in [-0.1, -0.05) is 6.92 Å². The number of carbonyl (C=O) groups excluding carboxylic acids is 12. The summed E-state index contributed by atoms with van der Waals surface area (Å²) in [7, 11) is 0. The van der Waals surface area contributed by atoms with Crippen LogP contribution < -0.4 is 77.4 Å². The van der Waals surface area contributed by atoms with Crippen LogP contribution >= 0.6 is 23.5 Å². The van der Waals surface area contributed by atoms with Gasteiger partial charge in [-0.05, 0) is 6.42 Å². The summed E-state index contributed by atoms with van der Waals surface area (Å²) in [6.07, 6.45) is -0.858. The van der Waals surface area contributed by atoms with Gasteiger partial charge < -0.3 is 50.7 Å². The number of benzene rings is 2. The summed E-state index contributed by atoms with van der Waals surface area (Å²) in [6, 6.07) is 5.93. The molecule has 8 amide bonds. The number of rotatable bonds is 32. The van der Waals surface area contributed by atoms with Crippen molar-refractivity contribution in [2.24, 2.45) is 0 Å². The molecule has 73 heavy (non-hydrogen) atoms. The molecule has 0 radical (unpaired) electrons. The van der Waals surface area contributed by atoms with Gasteiger partial charge in [0.1, 0.15) is 6.04 Å². The Kier molecular flexibility index (Phi) is 31.4. The molecule has 31 heteroatoms. The van der Waals surface area contributed by atoms with Crippen LogP contribution in [0.4, 0.5) is 17.1 Å². The Morgan fingerprint density at radius 2 is 0.986 bits per heavy atom. The van der Waals surface area contributed by atoms with Crippen molar-refractivity contribution in [3.05, 3.63) is 42.5 Å². The summed E-state index contributed by atoms with van der Waals surface area (Å²) in [5.74, 6) is -11.5. The third-order valence-corrected chi connectivity index (χ3v) is 13.2. The van der Waals surface area contributed by atoms with Crippen LogP contribution in [0.2, 0.25) is 0 Å². The van der Waals surface area contributed by atoms with E-state index < -0.39 is 134 Å². The minimum Gasteiger partial charge on any atom is -0.548 e. The first kappa shape index (κ1) is 64.5. The van der Waals surface area contributed by atoms with Crippen molar-refractivity contribution in [3.8, 4) is 0 Å². The van der Waals surface area contributed by atoms with Gasteiger partial charge in [0.15, 0.2) is 0 Å². The zero-order chi connectivity index (χ0) is 55.0. The molecule has 0 aromatic heterocycles. The van der Waals surface area contributed by atoms with Crippen LogP contribution in [0.25, 0.3) is 0 Å². The van der Waals surface area contributed by atoms with Crippen LogP contribution in [0, 0.1) is 0 Å². The molecule has 11 N–H and O–H groups in total. The molecule has 4 atom stereocenters. The van der Waals surface area contributed by atoms with Crippen molar-refractivity contribution in [1.82, 2.24) is 26.6 Å². The van der Waals surface area contributed by atoms with E-state index in [-0.39, 0.29) is 78.8 Å². The van der Waals surface area contributed by atoms with Crippen LogP contribution in [-0.2, 0) is 65.0 Å². The number of carboxylic acids is 4. The van der Waals surface area contributed by atoms with E-state index >= 15 is 0 Å². The maximum absolute atomic E-state index is 12.5. The van der Waals surface area contributed by atoms with Crippen LogP contribution in [0.1, 0.15) is 52.4 Å². The Morgan fingerprint density at radius 1 is 0.534 bits per heavy atom. The van der Waals surface area contributed by atoms with Crippen LogP contribution in [0.3, 0.4) is 0 Å². The Bertz CT molecular complexity index is 2330. The van der Waals surface area contributed by atoms with E-state index in [9.17, 15) is 85.4 Å². The molecular formula is C42H52As2N9O18S2-3. The average Bonchev–Trinajstić information content (AvgIpc) is 3.35. The zero-order valence-electron chi connectivity index (χ0n) is 39.1. The Labute approximate surface area is 438 Å². The number of anilines is 3. The Balaban J connectivity index is 0.000000730. The Morgan fingerprint density at radius 3 is 1.44 bits per heavy atom. The fourth-order valence-corrected chi connectivity index (χ4v) is 8.20. The van der Waals surface area contributed by atoms with Crippen molar-refractivity contribution >= 4 is 152 Å². The van der Waals surface area contributed by atoms with E-state index in [0.717, 1.165) is 23.5 Å². The quantitative estimate of drug-likeness (QED) is 0.0307. The van der Waals surface area contributed by atoms with E-state index in [1.165, 1.54) is 19.1 Å². The molecule has 0 fully saturated rings. The third-order valence-electron chi connectivity index (χ3n) is 9.04. The summed E-state index contributed by atoms with van der Waals surface area (Å²) >= 11 is -0.580. The van der Waals surface area contributed by atoms with Crippen molar-refractivity contribution in [3.63, 3.8) is 0 Å². The van der Waals surface area contributed by atoms with E-state index in [0.29, 0.717) is 14.4 Å². The molecule has 0 saturated heterocycles. The predicted octanol–water partition coefficient (Wildman–Crippen LogP) is -9.32. The first-order valence-corrected chi connectivity index (χ1v) is 27.3. The van der Waals surface area contributed by atoms with Crippen LogP contribution in [-0.4, -0.2) is 163 Å². The minimum absolute atomic E-state index is 0.0357. The number of carboxylic acid groups (broad SMARTS) is 4. The molecule has 4 unspecified atom stereocenters. The summed E-state index contributed by atoms with van der Waals surface area (Å²) in [4.78, 5) is 140. The summed E-state index contributed by atoms with van der Waals surface area (Å²) in [5.41, 5.74) is 4.37. The van der Waals surface area contributed by atoms with Gasteiger partial charge in [0, 0.05) is 25.7 Å². The van der Waals surface area contributed by atoms with Gasteiger partial charge in [-0.25, -0.2) is 0 Å². The predicted molar refractivity (Wildman–Crippen MR) is 253 cm³/mol. The smallest absolute Gasteiger partial charge is 0.548 e. The second-order valence-corrected chi connectivity index (χ2v) is 19.8. The van der Waals surface area contributed by atoms with Gasteiger partial charge in [0.2, 0.25) is 5.91 Å². The molecule has 2 aromatic carbocycles. The molecule has 0 aliphatic carbocycles. The number of thioether (sulfide) groups is 2. The van der Waals surface area contributed by atoms with Crippen molar-refractivity contribution in [2.45, 2.75) is 76.5 Å². The average molecular weight is 1180 g/mol. The van der Waals surface area contributed by atoms with Gasteiger partial charge in [0.05, 0.1) is 43.0 Å². The number of hydrogen-bond donors (Lipinski definition) is 9. The number of nitrogens with one attached hydrogen (secondary N) is 8. The fraction of sp³-hybridized carbons (Fsp3) is 0.429. The van der Waals surface area contributed by atoms with Gasteiger partial charge >= 0.3 is 282 Å². The molecule has 0 heterocycles. The molecule has 0 saturated carbocycles. The zero-order valence-corrected chi connectivity index (χ0v) is 44.5. The number of carbonyl (C=O) groups is 12. The topological polar surface area (TPSA) is 455 Å².